The van der Waals surface area contributed by atoms with Gasteiger partial charge in [0, 0.05) is 56.8 Å². The third-order valence-electron chi connectivity index (χ3n) is 10.7. The highest BCUT2D eigenvalue weighted by molar-refractivity contribution is 6.23. The molecule has 0 radical (unpaired) electrons. The monoisotopic (exact) mass is 579 g/mol. The molecule has 3 nitrogen and oxygen atoms in total. The minimum atomic E-state index is 0.290. The number of benzene rings is 4. The number of hydrogen-bond donors (Lipinski definition) is 0. The first-order valence-corrected chi connectivity index (χ1v) is 16.2. The zero-order chi connectivity index (χ0) is 29.8. The third-order valence-corrected chi connectivity index (χ3v) is 10.7. The molecule has 4 aromatic carbocycles. The number of aromatic nitrogens is 3. The van der Waals surface area contributed by atoms with Crippen LogP contribution in [0.1, 0.15) is 41.5 Å². The molecule has 2 aliphatic heterocycles. The van der Waals surface area contributed by atoms with Gasteiger partial charge in [-0.2, -0.15) is 9.13 Å². The maximum Gasteiger partial charge on any atom is 0.218 e. The van der Waals surface area contributed by atoms with Crippen molar-refractivity contribution in [1.29, 1.82) is 0 Å². The minimum absolute atomic E-state index is 0.290. The van der Waals surface area contributed by atoms with Crippen molar-refractivity contribution < 1.29 is 9.13 Å². The van der Waals surface area contributed by atoms with Crippen LogP contribution in [0.4, 0.5) is 0 Å². The Balaban J connectivity index is 1.27. The van der Waals surface area contributed by atoms with Crippen LogP contribution < -0.4 is 9.13 Å². The van der Waals surface area contributed by atoms with Crippen molar-refractivity contribution in [2.24, 2.45) is 0 Å². The molecule has 8 aromatic rings. The third kappa shape index (κ3) is 3.41. The molecule has 0 fully saturated rings. The molecule has 10 rings (SSSR count). The van der Waals surface area contributed by atoms with Crippen LogP contribution in [0.5, 0.6) is 0 Å². The maximum absolute atomic E-state index is 4.77. The Morgan fingerprint density at radius 3 is 2.44 bits per heavy atom. The zero-order valence-electron chi connectivity index (χ0n) is 25.4. The molecule has 45 heavy (non-hydrogen) atoms. The van der Waals surface area contributed by atoms with E-state index >= 15 is 0 Å². The number of pyridine rings is 2. The minimum Gasteiger partial charge on any atom is -0.308 e. The first kappa shape index (κ1) is 25.1. The Morgan fingerprint density at radius 1 is 0.711 bits per heavy atom. The summed E-state index contributed by atoms with van der Waals surface area (Å²) >= 11 is 0. The molecule has 0 saturated carbocycles. The summed E-state index contributed by atoms with van der Waals surface area (Å²) < 4.78 is 7.43. The molecule has 0 spiro atoms. The molecule has 2 aliphatic rings. The topological polar surface area (TPSA) is 12.2 Å². The summed E-state index contributed by atoms with van der Waals surface area (Å²) in [5, 5.41) is 5.30. The zero-order valence-corrected chi connectivity index (χ0v) is 25.4. The molecule has 0 bridgehead atoms. The van der Waals surface area contributed by atoms with Gasteiger partial charge in [0.1, 0.15) is 0 Å². The van der Waals surface area contributed by atoms with E-state index in [1.807, 2.05) is 0 Å². The van der Waals surface area contributed by atoms with Crippen molar-refractivity contribution in [3.05, 3.63) is 145 Å². The van der Waals surface area contributed by atoms with Crippen LogP contribution in [0.25, 0.3) is 66.3 Å². The highest BCUT2D eigenvalue weighted by Crippen LogP contribution is 2.45. The van der Waals surface area contributed by atoms with Gasteiger partial charge in [-0.05, 0) is 73.9 Å². The molecule has 2 unspecified atom stereocenters. The molecule has 6 heterocycles. The quantitative estimate of drug-likeness (QED) is 0.159. The molecular formula is C42H33N3+2. The Kier molecular flexibility index (Phi) is 5.08. The fourth-order valence-electron chi connectivity index (χ4n) is 8.72. The summed E-state index contributed by atoms with van der Waals surface area (Å²) in [6, 6.07) is 41.2. The van der Waals surface area contributed by atoms with Gasteiger partial charge in [-0.25, -0.2) is 0 Å². The predicted octanol–water partition coefficient (Wildman–Crippen LogP) is 9.20. The number of rotatable bonds is 0. The number of fused-ring (bicyclic) bond motifs is 15. The number of nitrogens with zero attached hydrogens (tertiary/aromatic N) is 3. The SMILES string of the molecule is C=C1CC2C(CCc3cc4c(cc3-c3ccc(C)c[n+]31)c1cccc3c5ccccc5n4c31)c1ccccc1-c1cccc[n+]12. The van der Waals surface area contributed by atoms with Gasteiger partial charge in [-0.15, -0.1) is 0 Å². The van der Waals surface area contributed by atoms with Crippen LogP contribution in [0, 0.1) is 6.92 Å². The standard InChI is InChI=1S/C42H33N3/c1-26-17-20-38-35-24-36-34-14-9-13-33-31-12-5-6-16-39(31)45(42(33)34)41(36)23-28(35)18-19-32-29-10-3-4-11-30(29)37-15-7-8-21-43(37)40(32)22-27(2)44(38)25-26/h3-17,20-21,23-25,32,40H,2,18-19,22H2,1H3/q+2. The van der Waals surface area contributed by atoms with Gasteiger partial charge in [0.15, 0.2) is 24.1 Å². The van der Waals surface area contributed by atoms with Crippen LogP contribution in [-0.4, -0.2) is 4.40 Å². The van der Waals surface area contributed by atoms with Crippen molar-refractivity contribution in [2.45, 2.75) is 38.1 Å². The lowest BCUT2D eigenvalue weighted by atomic mass is 9.77. The van der Waals surface area contributed by atoms with Gasteiger partial charge in [-0.1, -0.05) is 54.6 Å². The molecule has 0 saturated heterocycles. The van der Waals surface area contributed by atoms with E-state index in [0.717, 1.165) is 25.0 Å². The fourth-order valence-corrected chi connectivity index (χ4v) is 8.72. The lowest BCUT2D eigenvalue weighted by Gasteiger charge is -2.31. The van der Waals surface area contributed by atoms with Crippen LogP contribution >= 0.6 is 0 Å². The molecule has 4 aromatic heterocycles. The smallest absolute Gasteiger partial charge is 0.218 e. The van der Waals surface area contributed by atoms with E-state index in [1.54, 1.807) is 0 Å². The highest BCUT2D eigenvalue weighted by Gasteiger charge is 2.42. The van der Waals surface area contributed by atoms with Crippen molar-refractivity contribution >= 4 is 43.8 Å². The molecule has 3 heteroatoms. The second kappa shape index (κ2) is 9.12. The Bertz CT molecular complexity index is 2520. The van der Waals surface area contributed by atoms with Crippen LogP contribution in [0.3, 0.4) is 0 Å². The summed E-state index contributed by atoms with van der Waals surface area (Å²) in [6.07, 6.45) is 7.53. The number of allylic oxidation sites excluding steroid dienone is 1. The van der Waals surface area contributed by atoms with Gasteiger partial charge in [0.25, 0.3) is 0 Å². The van der Waals surface area contributed by atoms with E-state index in [1.165, 1.54) is 77.3 Å². The predicted molar refractivity (Wildman–Crippen MR) is 184 cm³/mol. The first-order valence-electron chi connectivity index (χ1n) is 16.2. The summed E-state index contributed by atoms with van der Waals surface area (Å²) in [5.74, 6) is 0.377. The number of para-hydroxylation sites is 2. The Labute approximate surface area is 262 Å². The molecule has 0 aliphatic carbocycles. The summed E-state index contributed by atoms with van der Waals surface area (Å²) in [6.45, 7) is 6.96. The van der Waals surface area contributed by atoms with E-state index in [9.17, 15) is 0 Å². The van der Waals surface area contributed by atoms with Crippen molar-refractivity contribution in [2.75, 3.05) is 0 Å². The molecular weight excluding hydrogens is 546 g/mol. The second-order valence-electron chi connectivity index (χ2n) is 13.1. The number of hydrogen-bond acceptors (Lipinski definition) is 0. The average Bonchev–Trinajstić information content (AvgIpc) is 3.59. The Morgan fingerprint density at radius 2 is 1.51 bits per heavy atom. The van der Waals surface area contributed by atoms with Gasteiger partial charge in [0.05, 0.1) is 28.5 Å². The second-order valence-corrected chi connectivity index (χ2v) is 13.1. The molecule has 0 N–H and O–H groups in total. The maximum atomic E-state index is 4.77. The lowest BCUT2D eigenvalue weighted by molar-refractivity contribution is -0.720. The Hall–Kier alpha value is -5.28. The van der Waals surface area contributed by atoms with Crippen LogP contribution in [-0.2, 0) is 6.42 Å². The van der Waals surface area contributed by atoms with Crippen molar-refractivity contribution in [3.8, 4) is 22.5 Å². The molecule has 214 valence electrons. The van der Waals surface area contributed by atoms with E-state index in [2.05, 4.69) is 142 Å². The van der Waals surface area contributed by atoms with E-state index in [4.69, 9.17) is 6.58 Å². The van der Waals surface area contributed by atoms with Crippen LogP contribution in [0.2, 0.25) is 0 Å². The van der Waals surface area contributed by atoms with Crippen molar-refractivity contribution in [3.63, 3.8) is 0 Å². The fraction of sp³-hybridized carbons (Fsp3) is 0.143. The van der Waals surface area contributed by atoms with E-state index in [-0.39, 0.29) is 6.04 Å². The lowest BCUT2D eigenvalue weighted by Crippen LogP contribution is -2.49. The normalized spacial score (nSPS) is 17.7. The van der Waals surface area contributed by atoms with Gasteiger partial charge >= 0.3 is 0 Å². The first-order chi connectivity index (χ1) is 22.2. The van der Waals surface area contributed by atoms with Gasteiger partial charge in [0.2, 0.25) is 11.4 Å². The van der Waals surface area contributed by atoms with Gasteiger partial charge in [-0.3, -0.25) is 0 Å². The van der Waals surface area contributed by atoms with Gasteiger partial charge < -0.3 is 4.40 Å². The summed E-state index contributed by atoms with van der Waals surface area (Å²) in [5.41, 5.74) is 14.4. The van der Waals surface area contributed by atoms with E-state index < -0.39 is 0 Å². The summed E-state index contributed by atoms with van der Waals surface area (Å²) in [4.78, 5) is 0. The van der Waals surface area contributed by atoms with Crippen molar-refractivity contribution in [1.82, 2.24) is 4.40 Å². The summed E-state index contributed by atoms with van der Waals surface area (Å²) in [7, 11) is 0. The molecule has 0 amide bonds. The average molecular weight is 580 g/mol. The molecule has 2 atom stereocenters. The number of aryl methyl sites for hydroxylation is 2. The highest BCUT2D eigenvalue weighted by atomic mass is 15.0. The van der Waals surface area contributed by atoms with E-state index in [0.29, 0.717) is 5.92 Å². The largest absolute Gasteiger partial charge is 0.308 e. The van der Waals surface area contributed by atoms with Crippen LogP contribution in [0.15, 0.2) is 128 Å².